The van der Waals surface area contributed by atoms with Crippen molar-refractivity contribution in [2.45, 2.75) is 83.6 Å². The lowest BCUT2D eigenvalue weighted by Crippen LogP contribution is -2.34. The molecule has 0 unspecified atom stereocenters. The van der Waals surface area contributed by atoms with E-state index in [1.54, 1.807) is 5.56 Å². The first-order valence-electron chi connectivity index (χ1n) is 15.4. The zero-order valence-electron chi connectivity index (χ0n) is 26.1. The first-order valence-corrected chi connectivity index (χ1v) is 16.8. The monoisotopic (exact) mass is 571 g/mol. The summed E-state index contributed by atoms with van der Waals surface area (Å²) in [7, 11) is -0.763. The summed E-state index contributed by atoms with van der Waals surface area (Å²) >= 11 is 0. The number of hydrogen-bond acceptors (Lipinski definition) is 2. The van der Waals surface area contributed by atoms with Gasteiger partial charge in [-0.25, -0.2) is 4.99 Å². The first-order chi connectivity index (χ1) is 20.0. The number of fused-ring (bicyclic) bond motifs is 4. The Labute approximate surface area is 253 Å². The lowest BCUT2D eigenvalue weighted by atomic mass is 9.71. The average molecular weight is 572 g/mol. The number of benzene rings is 4. The van der Waals surface area contributed by atoms with E-state index in [0.717, 1.165) is 18.7 Å². The number of rotatable bonds is 4. The van der Waals surface area contributed by atoms with Gasteiger partial charge in [-0.3, -0.25) is 0 Å². The molecule has 2 nitrogen and oxygen atoms in total. The van der Waals surface area contributed by atoms with Crippen LogP contribution in [-0.4, -0.2) is 18.5 Å². The molecule has 0 radical (unpaired) electrons. The van der Waals surface area contributed by atoms with Crippen LogP contribution in [0, 0.1) is 13.8 Å². The third-order valence-corrected chi connectivity index (χ3v) is 12.2. The maximum absolute atomic E-state index is 6.33. The van der Waals surface area contributed by atoms with Gasteiger partial charge in [0.1, 0.15) is 6.61 Å². The van der Waals surface area contributed by atoms with Crippen molar-refractivity contribution in [2.75, 3.05) is 6.61 Å². The molecule has 1 spiro atoms. The van der Waals surface area contributed by atoms with Crippen LogP contribution in [0.25, 0.3) is 0 Å². The van der Waals surface area contributed by atoms with Gasteiger partial charge in [-0.1, -0.05) is 118 Å². The Morgan fingerprint density at radius 2 is 1.24 bits per heavy atom. The molecule has 4 aromatic carbocycles. The summed E-state index contributed by atoms with van der Waals surface area (Å²) < 4.78 is 6.33. The molecule has 1 heterocycles. The maximum atomic E-state index is 6.33. The summed E-state index contributed by atoms with van der Waals surface area (Å²) in [5, 5.41) is 4.33. The molecule has 0 saturated heterocycles. The van der Waals surface area contributed by atoms with E-state index in [9.17, 15) is 0 Å². The summed E-state index contributed by atoms with van der Waals surface area (Å²) in [6.07, 6.45) is 2.18. The number of ether oxygens (including phenoxy) is 1. The fourth-order valence-electron chi connectivity index (χ4n) is 8.43. The number of aryl methyl sites for hydroxylation is 2. The Balaban J connectivity index is 1.59. The highest BCUT2D eigenvalue weighted by atomic mass is 31.1. The molecule has 3 aliphatic rings. The quantitative estimate of drug-likeness (QED) is 0.228. The van der Waals surface area contributed by atoms with Gasteiger partial charge in [0.25, 0.3) is 0 Å². The number of aliphatic imine (C=N–C) groups is 1. The van der Waals surface area contributed by atoms with Crippen molar-refractivity contribution in [2.24, 2.45) is 4.99 Å². The van der Waals surface area contributed by atoms with Crippen molar-refractivity contribution < 1.29 is 4.74 Å². The Bertz CT molecular complexity index is 1680. The van der Waals surface area contributed by atoms with Gasteiger partial charge in [0.05, 0.1) is 6.04 Å². The maximum Gasteiger partial charge on any atom is 0.216 e. The zero-order valence-corrected chi connectivity index (χ0v) is 27.0. The molecular weight excluding hydrogens is 529 g/mol. The van der Waals surface area contributed by atoms with E-state index in [0.29, 0.717) is 6.61 Å². The van der Waals surface area contributed by atoms with Crippen LogP contribution in [0.2, 0.25) is 0 Å². The van der Waals surface area contributed by atoms with Crippen LogP contribution in [0.1, 0.15) is 86.4 Å². The molecule has 7 rings (SSSR count). The third kappa shape index (κ3) is 4.21. The van der Waals surface area contributed by atoms with Gasteiger partial charge in [-0.15, -0.1) is 0 Å². The van der Waals surface area contributed by atoms with Crippen LogP contribution in [-0.2, 0) is 21.0 Å². The van der Waals surface area contributed by atoms with Gasteiger partial charge in [0.2, 0.25) is 5.90 Å². The van der Waals surface area contributed by atoms with Gasteiger partial charge < -0.3 is 4.74 Å². The lowest BCUT2D eigenvalue weighted by Gasteiger charge is -2.34. The Kier molecular flexibility index (Phi) is 6.34. The van der Waals surface area contributed by atoms with Crippen molar-refractivity contribution in [3.63, 3.8) is 0 Å². The molecule has 0 aromatic heterocycles. The molecule has 0 amide bonds. The van der Waals surface area contributed by atoms with Crippen molar-refractivity contribution in [3.05, 3.63) is 124 Å². The standard InChI is InChI=1S/C39H42NOP/c1-25-18-30(36-40-27(3)22-41-36)34-31(19-25)37(4,5)23-39(34)24-38(6,7)32-20-26(2)21-33(35(32)39)42(28-14-10-8-11-15-28)29-16-12-9-13-17-29/h8-21,27H,22-24H2,1-7H3/t27-,39+/m0/s1. The van der Waals surface area contributed by atoms with E-state index in [-0.39, 0.29) is 22.3 Å². The zero-order chi connectivity index (χ0) is 29.4. The van der Waals surface area contributed by atoms with Crippen molar-refractivity contribution in [1.82, 2.24) is 0 Å². The molecule has 214 valence electrons. The Morgan fingerprint density at radius 3 is 1.76 bits per heavy atom. The van der Waals surface area contributed by atoms with Gasteiger partial charge in [0, 0.05) is 11.0 Å². The molecule has 3 heteroatoms. The van der Waals surface area contributed by atoms with Gasteiger partial charge in [0.15, 0.2) is 0 Å². The minimum absolute atomic E-state index is 0.0307. The van der Waals surface area contributed by atoms with Gasteiger partial charge in [-0.05, 0) is 96.6 Å². The van der Waals surface area contributed by atoms with Crippen LogP contribution >= 0.6 is 7.92 Å². The largest absolute Gasteiger partial charge is 0.475 e. The van der Waals surface area contributed by atoms with Crippen molar-refractivity contribution in [3.8, 4) is 0 Å². The molecule has 2 aliphatic carbocycles. The van der Waals surface area contributed by atoms with Crippen molar-refractivity contribution in [1.29, 1.82) is 0 Å². The molecule has 1 aliphatic heterocycles. The second-order valence-electron chi connectivity index (χ2n) is 14.2. The molecule has 0 N–H and O–H groups in total. The third-order valence-electron chi connectivity index (χ3n) is 9.75. The number of nitrogens with zero attached hydrogens (tertiary/aromatic N) is 1. The number of hydrogen-bond donors (Lipinski definition) is 0. The van der Waals surface area contributed by atoms with Crippen LogP contribution in [0.15, 0.2) is 89.9 Å². The fraction of sp³-hybridized carbons (Fsp3) is 0.359. The van der Waals surface area contributed by atoms with E-state index < -0.39 is 7.92 Å². The highest BCUT2D eigenvalue weighted by Gasteiger charge is 2.59. The van der Waals surface area contributed by atoms with Crippen LogP contribution < -0.4 is 15.9 Å². The molecule has 2 atom stereocenters. The summed E-state index contributed by atoms with van der Waals surface area (Å²) in [5.41, 5.74) is 9.85. The highest BCUT2D eigenvalue weighted by Crippen LogP contribution is 2.64. The summed E-state index contributed by atoms with van der Waals surface area (Å²) in [4.78, 5) is 5.04. The Morgan fingerprint density at radius 1 is 0.714 bits per heavy atom. The molecule has 0 saturated carbocycles. The van der Waals surface area contributed by atoms with E-state index in [1.165, 1.54) is 49.3 Å². The van der Waals surface area contributed by atoms with Crippen molar-refractivity contribution >= 4 is 29.7 Å². The molecule has 0 bridgehead atoms. The van der Waals surface area contributed by atoms with E-state index in [2.05, 4.69) is 133 Å². The predicted molar refractivity (Wildman–Crippen MR) is 179 cm³/mol. The van der Waals surface area contributed by atoms with Gasteiger partial charge >= 0.3 is 0 Å². The molecule has 4 aromatic rings. The van der Waals surface area contributed by atoms with Crippen LogP contribution in [0.3, 0.4) is 0 Å². The topological polar surface area (TPSA) is 21.6 Å². The molecule has 0 fully saturated rings. The summed E-state index contributed by atoms with van der Waals surface area (Å²) in [5.74, 6) is 0.841. The van der Waals surface area contributed by atoms with E-state index >= 15 is 0 Å². The minimum Gasteiger partial charge on any atom is -0.475 e. The lowest BCUT2D eigenvalue weighted by molar-refractivity contribution is 0.322. The van der Waals surface area contributed by atoms with Crippen LogP contribution in [0.5, 0.6) is 0 Å². The SMILES string of the molecule is Cc1cc(C2=N[C@@H](C)CO2)c2c(c1)C(C)(C)C[C@@]21CC(C)(C)c2cc(C)cc(P(c3ccccc3)c3ccccc3)c21. The van der Waals surface area contributed by atoms with Crippen LogP contribution in [0.4, 0.5) is 0 Å². The highest BCUT2D eigenvalue weighted by molar-refractivity contribution is 7.80. The van der Waals surface area contributed by atoms with E-state index in [4.69, 9.17) is 9.73 Å². The second-order valence-corrected chi connectivity index (χ2v) is 16.4. The fourth-order valence-corrected chi connectivity index (χ4v) is 11.1. The smallest absolute Gasteiger partial charge is 0.216 e. The predicted octanol–water partition coefficient (Wildman–Crippen LogP) is 7.88. The molecule has 42 heavy (non-hydrogen) atoms. The van der Waals surface area contributed by atoms with E-state index in [1.807, 2.05) is 0 Å². The first kappa shape index (κ1) is 27.6. The summed E-state index contributed by atoms with van der Waals surface area (Å²) in [6.45, 7) is 17.2. The van der Waals surface area contributed by atoms with Gasteiger partial charge in [-0.2, -0.15) is 0 Å². The minimum atomic E-state index is -0.763. The Hall–Kier alpha value is -3.22. The normalized spacial score (nSPS) is 23.1. The molecular formula is C39H42NOP. The second kappa shape index (κ2) is 9.65. The summed E-state index contributed by atoms with van der Waals surface area (Å²) in [6, 6.07) is 32.5. The average Bonchev–Trinajstić information content (AvgIpc) is 3.54.